The number of hydrogen-bond acceptors (Lipinski definition) is 6. The molecule has 0 fully saturated rings. The summed E-state index contributed by atoms with van der Waals surface area (Å²) in [6.07, 6.45) is 0. The van der Waals surface area contributed by atoms with E-state index in [0.29, 0.717) is 23.3 Å². The second-order valence-electron chi connectivity index (χ2n) is 7.00. The Balaban J connectivity index is 2.17. The van der Waals surface area contributed by atoms with Crippen molar-refractivity contribution in [2.75, 3.05) is 20.3 Å². The van der Waals surface area contributed by atoms with Crippen LogP contribution in [0.2, 0.25) is 0 Å². The van der Waals surface area contributed by atoms with Gasteiger partial charge >= 0.3 is 6.01 Å². The molecule has 1 heterocycles. The fourth-order valence-electron chi connectivity index (χ4n) is 3.26. The van der Waals surface area contributed by atoms with Gasteiger partial charge in [0.1, 0.15) is 6.61 Å². The zero-order valence-corrected chi connectivity index (χ0v) is 18.1. The van der Waals surface area contributed by atoms with Gasteiger partial charge in [-0.05, 0) is 38.8 Å². The molecule has 0 aliphatic heterocycles. The number of methoxy groups -OCH3 is 1. The van der Waals surface area contributed by atoms with Gasteiger partial charge in [0.25, 0.3) is 10.0 Å². The summed E-state index contributed by atoms with van der Waals surface area (Å²) in [4.78, 5) is 4.57. The van der Waals surface area contributed by atoms with Crippen molar-refractivity contribution in [2.24, 2.45) is 0 Å². The standard InChI is InChI=1S/C21H25N3O4S/c1-14-6-8-18(9-7-14)20-22-21(28-11-10-27-5)23-24(20)29(25,26)19-16(3)12-15(2)13-17(19)4/h6-9,12-13H,10-11H2,1-5H3. The fraction of sp³-hybridized carbons (Fsp3) is 0.333. The van der Waals surface area contributed by atoms with E-state index in [1.807, 2.05) is 50.2 Å². The minimum absolute atomic E-state index is 0.0105. The van der Waals surface area contributed by atoms with Crippen LogP contribution in [0.4, 0.5) is 0 Å². The molecule has 2 aromatic carbocycles. The number of benzene rings is 2. The number of hydrogen-bond donors (Lipinski definition) is 0. The highest BCUT2D eigenvalue weighted by atomic mass is 32.2. The van der Waals surface area contributed by atoms with Crippen molar-refractivity contribution >= 4 is 10.0 Å². The van der Waals surface area contributed by atoms with Crippen LogP contribution in [0.5, 0.6) is 6.01 Å². The van der Waals surface area contributed by atoms with Crippen molar-refractivity contribution < 1.29 is 17.9 Å². The van der Waals surface area contributed by atoms with Crippen LogP contribution in [-0.4, -0.2) is 42.9 Å². The maximum atomic E-state index is 13.6. The largest absolute Gasteiger partial charge is 0.460 e. The molecule has 0 saturated heterocycles. The van der Waals surface area contributed by atoms with Gasteiger partial charge in [-0.15, -0.1) is 4.09 Å². The molecule has 0 saturated carbocycles. The van der Waals surface area contributed by atoms with Crippen LogP contribution in [0.25, 0.3) is 11.4 Å². The maximum absolute atomic E-state index is 13.6. The topological polar surface area (TPSA) is 83.3 Å². The predicted molar refractivity (Wildman–Crippen MR) is 111 cm³/mol. The summed E-state index contributed by atoms with van der Waals surface area (Å²) in [6, 6.07) is 11.1. The first-order chi connectivity index (χ1) is 13.7. The van der Waals surface area contributed by atoms with Gasteiger partial charge in [0.05, 0.1) is 11.5 Å². The molecule has 29 heavy (non-hydrogen) atoms. The molecular formula is C21H25N3O4S. The third-order valence-electron chi connectivity index (χ3n) is 4.48. The molecule has 0 radical (unpaired) electrons. The monoisotopic (exact) mass is 415 g/mol. The van der Waals surface area contributed by atoms with Crippen molar-refractivity contribution in [1.82, 2.24) is 14.2 Å². The van der Waals surface area contributed by atoms with Gasteiger partial charge < -0.3 is 9.47 Å². The zero-order valence-electron chi connectivity index (χ0n) is 17.3. The lowest BCUT2D eigenvalue weighted by molar-refractivity contribution is 0.141. The Morgan fingerprint density at radius 2 is 1.55 bits per heavy atom. The Labute approximate surface area is 171 Å². The average molecular weight is 416 g/mol. The Morgan fingerprint density at radius 1 is 0.931 bits per heavy atom. The molecule has 0 aliphatic rings. The number of nitrogens with zero attached hydrogens (tertiary/aromatic N) is 3. The van der Waals surface area contributed by atoms with Crippen molar-refractivity contribution in [3.8, 4) is 17.4 Å². The predicted octanol–water partition coefficient (Wildman–Crippen LogP) is 3.44. The van der Waals surface area contributed by atoms with E-state index in [2.05, 4.69) is 10.1 Å². The fourth-order valence-corrected chi connectivity index (χ4v) is 4.92. The summed E-state index contributed by atoms with van der Waals surface area (Å²) in [5.74, 6) is 0.205. The molecule has 0 bridgehead atoms. The first-order valence-electron chi connectivity index (χ1n) is 9.23. The molecule has 0 amide bonds. The lowest BCUT2D eigenvalue weighted by atomic mass is 10.1. The highest BCUT2D eigenvalue weighted by Crippen LogP contribution is 2.29. The van der Waals surface area contributed by atoms with Gasteiger partial charge in [-0.25, -0.2) is 0 Å². The smallest absolute Gasteiger partial charge is 0.337 e. The normalized spacial score (nSPS) is 11.6. The van der Waals surface area contributed by atoms with Gasteiger partial charge in [-0.3, -0.25) is 0 Å². The lowest BCUT2D eigenvalue weighted by Crippen LogP contribution is -2.18. The first kappa shape index (κ1) is 21.0. The van der Waals surface area contributed by atoms with Gasteiger partial charge in [-0.2, -0.15) is 13.4 Å². The van der Waals surface area contributed by atoms with Crippen LogP contribution in [-0.2, 0) is 14.8 Å². The second-order valence-corrected chi connectivity index (χ2v) is 8.71. The Hall–Kier alpha value is -2.71. The van der Waals surface area contributed by atoms with Crippen molar-refractivity contribution in [3.05, 3.63) is 58.7 Å². The number of ether oxygens (including phenoxy) is 2. The molecule has 0 aliphatic carbocycles. The van der Waals surface area contributed by atoms with Gasteiger partial charge in [-0.1, -0.05) is 52.6 Å². The highest BCUT2D eigenvalue weighted by molar-refractivity contribution is 7.90. The molecule has 0 unspecified atom stereocenters. The average Bonchev–Trinajstić information content (AvgIpc) is 3.06. The summed E-state index contributed by atoms with van der Waals surface area (Å²) in [5.41, 5.74) is 4.02. The molecule has 3 rings (SSSR count). The first-order valence-corrected chi connectivity index (χ1v) is 10.7. The number of aryl methyl sites for hydroxylation is 4. The Morgan fingerprint density at radius 3 is 2.14 bits per heavy atom. The van der Waals surface area contributed by atoms with Gasteiger partial charge in [0, 0.05) is 12.7 Å². The summed E-state index contributed by atoms with van der Waals surface area (Å²) in [5, 5.41) is 4.17. The quantitative estimate of drug-likeness (QED) is 0.550. The Bertz CT molecular complexity index is 1100. The lowest BCUT2D eigenvalue weighted by Gasteiger charge is -2.13. The summed E-state index contributed by atoms with van der Waals surface area (Å²) >= 11 is 0. The van der Waals surface area contributed by atoms with Crippen LogP contribution in [0, 0.1) is 27.7 Å². The van der Waals surface area contributed by atoms with Gasteiger partial charge in [0.15, 0.2) is 5.82 Å². The molecule has 8 heteroatoms. The van der Waals surface area contributed by atoms with Crippen molar-refractivity contribution in [3.63, 3.8) is 0 Å². The highest BCUT2D eigenvalue weighted by Gasteiger charge is 2.28. The van der Waals surface area contributed by atoms with Crippen LogP contribution in [0.1, 0.15) is 22.3 Å². The molecule has 0 atom stereocenters. The van der Waals surface area contributed by atoms with Crippen molar-refractivity contribution in [2.45, 2.75) is 32.6 Å². The molecule has 3 aromatic rings. The van der Waals surface area contributed by atoms with E-state index >= 15 is 0 Å². The number of aromatic nitrogens is 3. The minimum Gasteiger partial charge on any atom is -0.460 e. The van der Waals surface area contributed by atoms with Crippen molar-refractivity contribution in [1.29, 1.82) is 0 Å². The van der Waals surface area contributed by atoms with Crippen LogP contribution >= 0.6 is 0 Å². The molecular weight excluding hydrogens is 390 g/mol. The van der Waals surface area contributed by atoms with E-state index in [1.165, 1.54) is 0 Å². The second kappa shape index (κ2) is 8.34. The molecule has 0 spiro atoms. The summed E-state index contributed by atoms with van der Waals surface area (Å²) in [7, 11) is -2.43. The van der Waals surface area contributed by atoms with E-state index in [1.54, 1.807) is 21.0 Å². The number of rotatable bonds is 7. The van der Waals surface area contributed by atoms with Crippen LogP contribution in [0.15, 0.2) is 41.3 Å². The van der Waals surface area contributed by atoms with E-state index in [9.17, 15) is 8.42 Å². The zero-order chi connectivity index (χ0) is 21.2. The molecule has 1 aromatic heterocycles. The van der Waals surface area contributed by atoms with E-state index in [-0.39, 0.29) is 23.3 Å². The summed E-state index contributed by atoms with van der Waals surface area (Å²) < 4.78 is 38.6. The Kier molecular flexibility index (Phi) is 6.04. The maximum Gasteiger partial charge on any atom is 0.337 e. The van der Waals surface area contributed by atoms with Gasteiger partial charge in [0.2, 0.25) is 0 Å². The molecule has 0 N–H and O–H groups in total. The summed E-state index contributed by atoms with van der Waals surface area (Å²) in [6.45, 7) is 8.03. The molecule has 154 valence electrons. The minimum atomic E-state index is -3.98. The van der Waals surface area contributed by atoms with E-state index < -0.39 is 10.0 Å². The third-order valence-corrected chi connectivity index (χ3v) is 6.35. The van der Waals surface area contributed by atoms with E-state index in [4.69, 9.17) is 9.47 Å². The SMILES string of the molecule is COCCOc1nc(-c2ccc(C)cc2)n(S(=O)(=O)c2c(C)cc(C)cc2C)n1. The van der Waals surface area contributed by atoms with Crippen LogP contribution in [0.3, 0.4) is 0 Å². The third kappa shape index (κ3) is 4.33. The van der Waals surface area contributed by atoms with E-state index in [0.717, 1.165) is 15.2 Å². The van der Waals surface area contributed by atoms with Crippen LogP contribution < -0.4 is 4.74 Å². The molecule has 7 nitrogen and oxygen atoms in total.